The van der Waals surface area contributed by atoms with E-state index >= 15 is 0 Å². The quantitative estimate of drug-likeness (QED) is 0.819. The van der Waals surface area contributed by atoms with Gasteiger partial charge in [-0.15, -0.1) is 0 Å². The molecule has 1 amide bonds. The minimum absolute atomic E-state index is 0.157. The van der Waals surface area contributed by atoms with Crippen molar-refractivity contribution in [3.63, 3.8) is 0 Å². The van der Waals surface area contributed by atoms with Gasteiger partial charge in [-0.2, -0.15) is 9.40 Å². The number of aryl methyl sites for hydroxylation is 2. The summed E-state index contributed by atoms with van der Waals surface area (Å²) < 4.78 is 28.9. The molecule has 146 valence electrons. The third-order valence-electron chi connectivity index (χ3n) is 4.85. The normalized spacial score (nSPS) is 16.4. The molecule has 2 heterocycles. The summed E-state index contributed by atoms with van der Waals surface area (Å²) in [6.45, 7) is 3.16. The van der Waals surface area contributed by atoms with Crippen LogP contribution in [0, 0.1) is 12.8 Å². The van der Waals surface area contributed by atoms with Crippen molar-refractivity contribution >= 4 is 27.5 Å². The number of sulfonamides is 1. The van der Waals surface area contributed by atoms with Crippen LogP contribution in [0.15, 0.2) is 35.5 Å². The predicted octanol–water partition coefficient (Wildman–Crippen LogP) is 2.21. The Morgan fingerprint density at radius 3 is 2.63 bits per heavy atom. The topological polar surface area (TPSA) is 84.3 Å². The lowest BCUT2D eigenvalue weighted by atomic mass is 9.98. The summed E-state index contributed by atoms with van der Waals surface area (Å²) >= 11 is 5.93. The van der Waals surface area contributed by atoms with E-state index in [1.165, 1.54) is 10.5 Å². The van der Waals surface area contributed by atoms with E-state index in [1.807, 2.05) is 0 Å². The van der Waals surface area contributed by atoms with Gasteiger partial charge in [0.2, 0.25) is 10.0 Å². The highest BCUT2D eigenvalue weighted by Crippen LogP contribution is 2.27. The molecule has 0 radical (unpaired) electrons. The molecule has 1 aliphatic heterocycles. The summed E-state index contributed by atoms with van der Waals surface area (Å²) in [5, 5.41) is 7.42. The van der Waals surface area contributed by atoms with Crippen LogP contribution in [-0.4, -0.2) is 48.0 Å². The van der Waals surface area contributed by atoms with Crippen molar-refractivity contribution in [3.8, 4) is 0 Å². The van der Waals surface area contributed by atoms with Gasteiger partial charge >= 0.3 is 0 Å². The highest BCUT2D eigenvalue weighted by Gasteiger charge is 2.30. The van der Waals surface area contributed by atoms with E-state index in [2.05, 4.69) is 10.4 Å². The first kappa shape index (κ1) is 19.9. The van der Waals surface area contributed by atoms with E-state index in [9.17, 15) is 13.2 Å². The second-order valence-corrected chi connectivity index (χ2v) is 9.21. The summed E-state index contributed by atoms with van der Waals surface area (Å²) in [6, 6.07) is 4.82. The molecular weight excluding hydrogens is 388 g/mol. The maximum absolute atomic E-state index is 12.9. The Hall–Kier alpha value is -1.90. The highest BCUT2D eigenvalue weighted by atomic mass is 35.5. The van der Waals surface area contributed by atoms with E-state index < -0.39 is 10.0 Å². The van der Waals surface area contributed by atoms with Crippen molar-refractivity contribution in [3.05, 3.63) is 46.7 Å². The van der Waals surface area contributed by atoms with Gasteiger partial charge in [-0.3, -0.25) is 9.48 Å². The van der Waals surface area contributed by atoms with Gasteiger partial charge in [0.05, 0.1) is 16.7 Å². The van der Waals surface area contributed by atoms with Crippen molar-refractivity contribution in [1.29, 1.82) is 0 Å². The smallest absolute Gasteiger partial charge is 0.254 e. The summed E-state index contributed by atoms with van der Waals surface area (Å²) in [4.78, 5) is 12.4. The van der Waals surface area contributed by atoms with Gasteiger partial charge in [0, 0.05) is 37.9 Å². The zero-order valence-electron chi connectivity index (χ0n) is 15.4. The summed E-state index contributed by atoms with van der Waals surface area (Å²) in [5.41, 5.74) is 1.17. The number of piperidine rings is 1. The number of benzene rings is 1. The average molecular weight is 411 g/mol. The van der Waals surface area contributed by atoms with E-state index in [0.29, 0.717) is 53.5 Å². The van der Waals surface area contributed by atoms with E-state index in [0.717, 1.165) is 0 Å². The number of amides is 1. The fourth-order valence-electron chi connectivity index (χ4n) is 3.27. The molecule has 9 heteroatoms. The maximum atomic E-state index is 12.9. The lowest BCUT2D eigenvalue weighted by Crippen LogP contribution is -2.41. The van der Waals surface area contributed by atoms with Crippen LogP contribution >= 0.6 is 11.6 Å². The Morgan fingerprint density at radius 2 is 2.04 bits per heavy atom. The molecule has 27 heavy (non-hydrogen) atoms. The van der Waals surface area contributed by atoms with Gasteiger partial charge in [0.1, 0.15) is 0 Å². The van der Waals surface area contributed by atoms with Crippen LogP contribution in [0.2, 0.25) is 5.02 Å². The van der Waals surface area contributed by atoms with E-state index in [-0.39, 0.29) is 11.8 Å². The lowest BCUT2D eigenvalue weighted by Gasteiger charge is -2.31. The Kier molecular flexibility index (Phi) is 5.88. The molecule has 0 bridgehead atoms. The second-order valence-electron chi connectivity index (χ2n) is 6.87. The Balaban J connectivity index is 1.56. The van der Waals surface area contributed by atoms with Crippen LogP contribution in [0.4, 0.5) is 0 Å². The molecule has 2 aromatic rings. The molecular formula is C18H23ClN4O3S. The van der Waals surface area contributed by atoms with E-state index in [4.69, 9.17) is 11.6 Å². The van der Waals surface area contributed by atoms with Crippen molar-refractivity contribution < 1.29 is 13.2 Å². The van der Waals surface area contributed by atoms with Crippen molar-refractivity contribution in [2.45, 2.75) is 24.7 Å². The summed E-state index contributed by atoms with van der Waals surface area (Å²) in [6.07, 6.45) is 4.61. The van der Waals surface area contributed by atoms with E-state index in [1.54, 1.807) is 43.0 Å². The summed E-state index contributed by atoms with van der Waals surface area (Å²) in [7, 11) is -1.77. The van der Waals surface area contributed by atoms with Crippen molar-refractivity contribution in [1.82, 2.24) is 19.4 Å². The van der Waals surface area contributed by atoms with Gasteiger partial charge in [-0.05, 0) is 49.4 Å². The van der Waals surface area contributed by atoms with Gasteiger partial charge in [0.15, 0.2) is 0 Å². The molecule has 1 fully saturated rings. The molecule has 0 saturated carbocycles. The minimum atomic E-state index is -3.53. The first-order valence-corrected chi connectivity index (χ1v) is 10.6. The zero-order chi connectivity index (χ0) is 19.6. The van der Waals surface area contributed by atoms with Crippen LogP contribution in [0.1, 0.15) is 28.8 Å². The van der Waals surface area contributed by atoms with Gasteiger partial charge in [-0.1, -0.05) is 11.6 Å². The van der Waals surface area contributed by atoms with Crippen LogP contribution in [-0.2, 0) is 17.1 Å². The number of aromatic nitrogens is 2. The number of hydrogen-bond donors (Lipinski definition) is 1. The molecule has 1 aromatic heterocycles. The van der Waals surface area contributed by atoms with Crippen LogP contribution in [0.3, 0.4) is 0 Å². The third kappa shape index (κ3) is 4.51. The molecule has 3 rings (SSSR count). The molecule has 0 unspecified atom stereocenters. The molecule has 0 aliphatic carbocycles. The summed E-state index contributed by atoms with van der Waals surface area (Å²) in [5.74, 6) is 0.0957. The first-order chi connectivity index (χ1) is 12.8. The molecule has 0 atom stereocenters. The SMILES string of the molecule is Cc1cc(Cl)ccc1S(=O)(=O)N1CCC(CNC(=O)c2cnn(C)c2)CC1. The first-order valence-electron chi connectivity index (χ1n) is 8.80. The number of halogens is 1. The number of carbonyl (C=O) groups excluding carboxylic acids is 1. The second kappa shape index (κ2) is 8.00. The maximum Gasteiger partial charge on any atom is 0.254 e. The Morgan fingerprint density at radius 1 is 1.33 bits per heavy atom. The Bertz CT molecular complexity index is 934. The fourth-order valence-corrected chi connectivity index (χ4v) is 5.17. The minimum Gasteiger partial charge on any atom is -0.352 e. The highest BCUT2D eigenvalue weighted by molar-refractivity contribution is 7.89. The predicted molar refractivity (Wildman–Crippen MR) is 103 cm³/mol. The van der Waals surface area contributed by atoms with Gasteiger partial charge in [-0.25, -0.2) is 8.42 Å². The average Bonchev–Trinajstić information content (AvgIpc) is 3.06. The number of carbonyl (C=O) groups is 1. The molecule has 1 aliphatic rings. The van der Waals surface area contributed by atoms with Gasteiger partial charge in [0.25, 0.3) is 5.91 Å². The molecule has 0 spiro atoms. The van der Waals surface area contributed by atoms with Crippen molar-refractivity contribution in [2.75, 3.05) is 19.6 Å². The lowest BCUT2D eigenvalue weighted by molar-refractivity contribution is 0.0941. The molecule has 1 saturated heterocycles. The molecule has 7 nitrogen and oxygen atoms in total. The Labute approximate surface area is 164 Å². The largest absolute Gasteiger partial charge is 0.352 e. The molecule has 1 aromatic carbocycles. The van der Waals surface area contributed by atoms with Gasteiger partial charge < -0.3 is 5.32 Å². The van der Waals surface area contributed by atoms with Crippen molar-refractivity contribution in [2.24, 2.45) is 13.0 Å². The number of hydrogen-bond acceptors (Lipinski definition) is 4. The monoisotopic (exact) mass is 410 g/mol. The number of rotatable bonds is 5. The zero-order valence-corrected chi connectivity index (χ0v) is 16.9. The standard InChI is InChI=1S/C18H23ClN4O3S/c1-13-9-16(19)3-4-17(13)27(25,26)23-7-5-14(6-8-23)10-20-18(24)15-11-21-22(2)12-15/h3-4,9,11-12,14H,5-8,10H2,1-2H3,(H,20,24). The number of nitrogens with one attached hydrogen (secondary N) is 1. The third-order valence-corrected chi connectivity index (χ3v) is 7.14. The number of nitrogens with zero attached hydrogens (tertiary/aromatic N) is 3. The van der Waals surface area contributed by atoms with Crippen LogP contribution < -0.4 is 5.32 Å². The van der Waals surface area contributed by atoms with Crippen LogP contribution in [0.25, 0.3) is 0 Å². The van der Waals surface area contributed by atoms with Crippen LogP contribution in [0.5, 0.6) is 0 Å². The molecule has 1 N–H and O–H groups in total. The fraction of sp³-hybridized carbons (Fsp3) is 0.444.